The molecule has 5 nitrogen and oxygen atoms in total. The van der Waals surface area contributed by atoms with Gasteiger partial charge in [-0.25, -0.2) is 4.79 Å². The summed E-state index contributed by atoms with van der Waals surface area (Å²) in [6.07, 6.45) is 1.52. The van der Waals surface area contributed by atoms with Gasteiger partial charge in [0.2, 0.25) is 0 Å². The zero-order valence-electron chi connectivity index (χ0n) is 16.2. The second-order valence-corrected chi connectivity index (χ2v) is 6.87. The Morgan fingerprint density at radius 2 is 1.89 bits per heavy atom. The highest BCUT2D eigenvalue weighted by molar-refractivity contribution is 6.01. The quantitative estimate of drug-likeness (QED) is 0.321. The summed E-state index contributed by atoms with van der Waals surface area (Å²) in [5, 5.41) is 9.34. The van der Waals surface area contributed by atoms with Crippen LogP contribution in [0.15, 0.2) is 42.0 Å². The van der Waals surface area contributed by atoms with E-state index in [1.807, 2.05) is 26.0 Å². The summed E-state index contributed by atoms with van der Waals surface area (Å²) < 4.78 is 7.20. The minimum Gasteiger partial charge on any atom is -0.453 e. The molecule has 0 aliphatic carbocycles. The molecular formula is C22H24N2O3. The molecule has 0 aliphatic heterocycles. The van der Waals surface area contributed by atoms with Crippen LogP contribution in [0, 0.1) is 31.1 Å². The number of carbonyl (C=O) groups is 2. The van der Waals surface area contributed by atoms with E-state index in [1.165, 1.54) is 6.08 Å². The van der Waals surface area contributed by atoms with Crippen molar-refractivity contribution in [1.82, 2.24) is 4.57 Å². The van der Waals surface area contributed by atoms with E-state index < -0.39 is 12.6 Å². The lowest BCUT2D eigenvalue weighted by Gasteiger charge is -2.12. The maximum atomic E-state index is 12.2. The Bertz CT molecular complexity index is 900. The van der Waals surface area contributed by atoms with Crippen LogP contribution in [0.5, 0.6) is 0 Å². The summed E-state index contributed by atoms with van der Waals surface area (Å²) in [6.45, 7) is 8.69. The van der Waals surface area contributed by atoms with E-state index >= 15 is 0 Å². The molecule has 0 unspecified atom stereocenters. The fourth-order valence-electron chi connectivity index (χ4n) is 2.83. The molecule has 0 aliphatic rings. The van der Waals surface area contributed by atoms with Crippen LogP contribution in [0.2, 0.25) is 0 Å². The van der Waals surface area contributed by atoms with Gasteiger partial charge in [-0.2, -0.15) is 5.26 Å². The predicted molar refractivity (Wildman–Crippen MR) is 104 cm³/mol. The van der Waals surface area contributed by atoms with Crippen molar-refractivity contribution in [2.75, 3.05) is 6.61 Å². The number of nitriles is 1. The fraction of sp³-hybridized carbons (Fsp3) is 0.318. The summed E-state index contributed by atoms with van der Waals surface area (Å²) in [7, 11) is 0. The lowest BCUT2D eigenvalue weighted by atomic mass is 10.1. The number of hydrogen-bond acceptors (Lipinski definition) is 4. The van der Waals surface area contributed by atoms with Gasteiger partial charge in [-0.1, -0.05) is 44.2 Å². The third kappa shape index (κ3) is 5.18. The number of aromatic nitrogens is 1. The number of carbonyl (C=O) groups excluding carboxylic acids is 2. The van der Waals surface area contributed by atoms with Crippen molar-refractivity contribution >= 4 is 17.8 Å². The Balaban J connectivity index is 2.13. The Morgan fingerprint density at radius 3 is 2.48 bits per heavy atom. The number of nitrogens with zero attached hydrogens (tertiary/aromatic N) is 2. The first-order chi connectivity index (χ1) is 12.8. The SMILES string of the molecule is Cc1cc(/C=C(\C#N)C(=O)OCC(=O)c2ccccc2)c(C)n1CC(C)C. The minimum atomic E-state index is -0.796. The maximum absolute atomic E-state index is 12.2. The molecule has 1 aromatic carbocycles. The molecule has 0 saturated carbocycles. The van der Waals surface area contributed by atoms with E-state index in [4.69, 9.17) is 4.74 Å². The van der Waals surface area contributed by atoms with Crippen LogP contribution in [0.4, 0.5) is 0 Å². The molecule has 0 saturated heterocycles. The Hall–Kier alpha value is -3.13. The summed E-state index contributed by atoms with van der Waals surface area (Å²) in [6, 6.07) is 12.4. The van der Waals surface area contributed by atoms with Crippen LogP contribution in [0.1, 0.15) is 41.2 Å². The van der Waals surface area contributed by atoms with Gasteiger partial charge in [0, 0.05) is 23.5 Å². The molecular weight excluding hydrogens is 340 g/mol. The zero-order chi connectivity index (χ0) is 20.0. The zero-order valence-corrected chi connectivity index (χ0v) is 16.2. The third-order valence-corrected chi connectivity index (χ3v) is 4.23. The molecule has 0 radical (unpaired) electrons. The van der Waals surface area contributed by atoms with Crippen molar-refractivity contribution in [3.63, 3.8) is 0 Å². The van der Waals surface area contributed by atoms with Crippen molar-refractivity contribution in [1.29, 1.82) is 5.26 Å². The van der Waals surface area contributed by atoms with Crippen molar-refractivity contribution < 1.29 is 14.3 Å². The highest BCUT2D eigenvalue weighted by atomic mass is 16.5. The molecule has 0 atom stereocenters. The lowest BCUT2D eigenvalue weighted by Crippen LogP contribution is -2.15. The van der Waals surface area contributed by atoms with Crippen LogP contribution in [-0.4, -0.2) is 22.9 Å². The number of esters is 1. The first-order valence-corrected chi connectivity index (χ1v) is 8.87. The van der Waals surface area contributed by atoms with Crippen molar-refractivity contribution in [3.8, 4) is 6.07 Å². The van der Waals surface area contributed by atoms with Gasteiger partial charge in [-0.3, -0.25) is 4.79 Å². The number of hydrogen-bond donors (Lipinski definition) is 0. The standard InChI is InChI=1S/C22H24N2O3/c1-15(2)13-24-16(3)10-19(17(24)4)11-20(12-23)22(26)27-14-21(25)18-8-6-5-7-9-18/h5-11,15H,13-14H2,1-4H3/b20-11+. The fourth-order valence-corrected chi connectivity index (χ4v) is 2.83. The summed E-state index contributed by atoms with van der Waals surface area (Å²) >= 11 is 0. The molecule has 1 heterocycles. The Morgan fingerprint density at radius 1 is 1.22 bits per heavy atom. The number of aryl methyl sites for hydroxylation is 1. The molecule has 0 N–H and O–H groups in total. The van der Waals surface area contributed by atoms with Crippen LogP contribution in [-0.2, 0) is 16.1 Å². The second kappa shape index (κ2) is 9.00. The van der Waals surface area contributed by atoms with E-state index in [2.05, 4.69) is 18.4 Å². The number of benzene rings is 1. The average molecular weight is 364 g/mol. The van der Waals surface area contributed by atoms with E-state index in [9.17, 15) is 14.9 Å². The van der Waals surface area contributed by atoms with Crippen LogP contribution in [0.25, 0.3) is 6.08 Å². The molecule has 2 aromatic rings. The van der Waals surface area contributed by atoms with Crippen LogP contribution in [0.3, 0.4) is 0 Å². The Kier molecular flexibility index (Phi) is 6.73. The van der Waals surface area contributed by atoms with Gasteiger partial charge in [0.25, 0.3) is 0 Å². The largest absolute Gasteiger partial charge is 0.453 e. The predicted octanol–water partition coefficient (Wildman–Crippen LogP) is 4.09. The van der Waals surface area contributed by atoms with Gasteiger partial charge in [0.15, 0.2) is 12.4 Å². The van der Waals surface area contributed by atoms with Crippen molar-refractivity contribution in [2.24, 2.45) is 5.92 Å². The summed E-state index contributed by atoms with van der Waals surface area (Å²) in [5.74, 6) is -0.622. The van der Waals surface area contributed by atoms with Crippen LogP contribution < -0.4 is 0 Å². The van der Waals surface area contributed by atoms with E-state index in [0.29, 0.717) is 11.5 Å². The molecule has 0 fully saturated rings. The van der Waals surface area contributed by atoms with Gasteiger partial charge in [0.05, 0.1) is 0 Å². The highest BCUT2D eigenvalue weighted by Gasteiger charge is 2.16. The summed E-state index contributed by atoms with van der Waals surface area (Å²) in [5.41, 5.74) is 3.20. The maximum Gasteiger partial charge on any atom is 0.349 e. The lowest BCUT2D eigenvalue weighted by molar-refractivity contribution is -0.137. The molecule has 5 heteroatoms. The second-order valence-electron chi connectivity index (χ2n) is 6.87. The summed E-state index contributed by atoms with van der Waals surface area (Å²) in [4.78, 5) is 24.3. The van der Waals surface area contributed by atoms with Gasteiger partial charge in [-0.15, -0.1) is 0 Å². The highest BCUT2D eigenvalue weighted by Crippen LogP contribution is 2.20. The molecule has 0 spiro atoms. The number of rotatable bonds is 7. The van der Waals surface area contributed by atoms with Crippen molar-refractivity contribution in [3.05, 3.63) is 64.5 Å². The molecule has 140 valence electrons. The van der Waals surface area contributed by atoms with Gasteiger partial charge in [-0.05, 0) is 37.5 Å². The first-order valence-electron chi connectivity index (χ1n) is 8.87. The molecule has 0 amide bonds. The van der Waals surface area contributed by atoms with Gasteiger partial charge < -0.3 is 9.30 Å². The smallest absolute Gasteiger partial charge is 0.349 e. The third-order valence-electron chi connectivity index (χ3n) is 4.23. The van der Waals surface area contributed by atoms with Crippen LogP contribution >= 0.6 is 0 Å². The normalized spacial score (nSPS) is 11.3. The average Bonchev–Trinajstić information content (AvgIpc) is 2.91. The van der Waals surface area contributed by atoms with E-state index in [-0.39, 0.29) is 11.4 Å². The number of ketones is 1. The number of Topliss-reactive ketones (excluding diaryl/α,β-unsaturated/α-hetero) is 1. The molecule has 1 aromatic heterocycles. The first kappa shape index (κ1) is 20.2. The molecule has 27 heavy (non-hydrogen) atoms. The topological polar surface area (TPSA) is 72.1 Å². The number of ether oxygens (including phenoxy) is 1. The monoisotopic (exact) mass is 364 g/mol. The Labute approximate surface area is 159 Å². The van der Waals surface area contributed by atoms with E-state index in [1.54, 1.807) is 30.3 Å². The van der Waals surface area contributed by atoms with Gasteiger partial charge >= 0.3 is 5.97 Å². The van der Waals surface area contributed by atoms with Gasteiger partial charge in [0.1, 0.15) is 11.6 Å². The minimum absolute atomic E-state index is 0.124. The molecule has 2 rings (SSSR count). The van der Waals surface area contributed by atoms with Crippen molar-refractivity contribution in [2.45, 2.75) is 34.2 Å². The van der Waals surface area contributed by atoms with E-state index in [0.717, 1.165) is 23.5 Å². The molecule has 0 bridgehead atoms.